The maximum atomic E-state index is 12.4. The predicted octanol–water partition coefficient (Wildman–Crippen LogP) is 5.63. The van der Waals surface area contributed by atoms with Crippen molar-refractivity contribution < 1.29 is 23.8 Å². The molecule has 0 fully saturated rings. The van der Waals surface area contributed by atoms with Gasteiger partial charge in [0.1, 0.15) is 11.4 Å². The molecule has 0 bridgehead atoms. The Labute approximate surface area is 178 Å². The number of ether oxygens (including phenoxy) is 3. The summed E-state index contributed by atoms with van der Waals surface area (Å²) in [5.41, 5.74) is 3.21. The molecule has 0 aliphatic rings. The molecule has 0 aliphatic carbocycles. The molecule has 0 aliphatic heterocycles. The van der Waals surface area contributed by atoms with Crippen molar-refractivity contribution in [3.8, 4) is 16.9 Å². The Kier molecular flexibility index (Phi) is 7.43. The smallest absolute Gasteiger partial charge is 0.338 e. The largest absolute Gasteiger partial charge is 0.497 e. The number of carbonyl (C=O) groups is 2. The summed E-state index contributed by atoms with van der Waals surface area (Å²) in [4.78, 5) is 24.6. The van der Waals surface area contributed by atoms with Crippen molar-refractivity contribution in [2.75, 3.05) is 14.2 Å². The molecule has 0 aromatic heterocycles. The Morgan fingerprint density at radius 1 is 0.967 bits per heavy atom. The molecule has 0 amide bonds. The zero-order valence-electron chi connectivity index (χ0n) is 18.7. The van der Waals surface area contributed by atoms with Crippen LogP contribution in [0.15, 0.2) is 42.5 Å². The maximum absolute atomic E-state index is 12.4. The fourth-order valence-corrected chi connectivity index (χ4v) is 2.98. The van der Waals surface area contributed by atoms with Crippen molar-refractivity contribution in [3.05, 3.63) is 59.2 Å². The number of hydrogen-bond acceptors (Lipinski definition) is 5. The minimum absolute atomic E-state index is 0.304. The highest BCUT2D eigenvalue weighted by Crippen LogP contribution is 2.33. The summed E-state index contributed by atoms with van der Waals surface area (Å²) in [5.74, 6) is 0.0515. The van der Waals surface area contributed by atoms with Crippen LogP contribution in [0.25, 0.3) is 17.2 Å². The Morgan fingerprint density at radius 3 is 2.23 bits per heavy atom. The first-order valence-electron chi connectivity index (χ1n) is 9.87. The van der Waals surface area contributed by atoms with Gasteiger partial charge in [-0.2, -0.15) is 0 Å². The molecule has 160 valence electrons. The van der Waals surface area contributed by atoms with Crippen LogP contribution >= 0.6 is 0 Å². The number of rotatable bonds is 6. The van der Waals surface area contributed by atoms with E-state index in [4.69, 9.17) is 14.2 Å². The van der Waals surface area contributed by atoms with Crippen LogP contribution < -0.4 is 4.74 Å². The molecule has 0 spiro atoms. The van der Waals surface area contributed by atoms with Gasteiger partial charge < -0.3 is 14.2 Å². The van der Waals surface area contributed by atoms with Crippen molar-refractivity contribution in [1.29, 1.82) is 0 Å². The minimum atomic E-state index is -0.575. The van der Waals surface area contributed by atoms with Gasteiger partial charge in [-0.3, -0.25) is 0 Å². The fraction of sp³-hybridized carbons (Fsp3) is 0.360. The number of benzene rings is 2. The van der Waals surface area contributed by atoms with Crippen molar-refractivity contribution in [3.63, 3.8) is 0 Å². The molecule has 5 nitrogen and oxygen atoms in total. The third-order valence-electron chi connectivity index (χ3n) is 4.47. The molecule has 0 unspecified atom stereocenters. The summed E-state index contributed by atoms with van der Waals surface area (Å²) in [6.07, 6.45) is 3.13. The lowest BCUT2D eigenvalue weighted by atomic mass is 9.91. The molecule has 5 heteroatoms. The Hall–Kier alpha value is -3.08. The lowest BCUT2D eigenvalue weighted by molar-refractivity contribution is -0.148. The van der Waals surface area contributed by atoms with Gasteiger partial charge in [0.2, 0.25) is 0 Å². The molecule has 0 saturated heterocycles. The van der Waals surface area contributed by atoms with E-state index in [0.29, 0.717) is 22.8 Å². The summed E-state index contributed by atoms with van der Waals surface area (Å²) in [5, 5.41) is 0. The zero-order chi connectivity index (χ0) is 22.5. The molecule has 0 N–H and O–H groups in total. The molecule has 0 atom stereocenters. The topological polar surface area (TPSA) is 61.8 Å². The van der Waals surface area contributed by atoms with Gasteiger partial charge in [-0.1, -0.05) is 32.0 Å². The lowest BCUT2D eigenvalue weighted by Crippen LogP contribution is -2.22. The van der Waals surface area contributed by atoms with Crippen LogP contribution in [-0.2, 0) is 14.3 Å². The highest BCUT2D eigenvalue weighted by Gasteiger charge is 2.18. The van der Waals surface area contributed by atoms with Gasteiger partial charge in [-0.25, -0.2) is 9.59 Å². The van der Waals surface area contributed by atoms with Crippen LogP contribution in [-0.4, -0.2) is 31.8 Å². The van der Waals surface area contributed by atoms with Crippen LogP contribution in [0.1, 0.15) is 62.0 Å². The highest BCUT2D eigenvalue weighted by molar-refractivity contribution is 5.99. The number of hydrogen-bond donors (Lipinski definition) is 0. The molecule has 0 heterocycles. The quantitative estimate of drug-likeness (QED) is 0.456. The molecule has 0 radical (unpaired) electrons. The average Bonchev–Trinajstić information content (AvgIpc) is 2.69. The van der Waals surface area contributed by atoms with Gasteiger partial charge in [-0.15, -0.1) is 0 Å². The second-order valence-electron chi connectivity index (χ2n) is 8.27. The van der Waals surface area contributed by atoms with Crippen LogP contribution in [0.3, 0.4) is 0 Å². The Morgan fingerprint density at radius 2 is 1.67 bits per heavy atom. The highest BCUT2D eigenvalue weighted by atomic mass is 16.6. The summed E-state index contributed by atoms with van der Waals surface area (Å²) < 4.78 is 15.7. The van der Waals surface area contributed by atoms with Gasteiger partial charge in [-0.05, 0) is 67.7 Å². The van der Waals surface area contributed by atoms with Gasteiger partial charge in [0.15, 0.2) is 0 Å². The van der Waals surface area contributed by atoms with E-state index >= 15 is 0 Å². The van der Waals surface area contributed by atoms with E-state index < -0.39 is 17.5 Å². The monoisotopic (exact) mass is 410 g/mol. The standard InChI is InChI=1S/C25H30O5/c1-16(2)17-8-11-20(18(14-17)9-13-23(26)30-25(3,4)5)22-15-19(28-6)10-12-21(22)24(27)29-7/h8-16H,1-7H3/b13-9+. The van der Waals surface area contributed by atoms with Gasteiger partial charge in [0.05, 0.1) is 19.8 Å². The molecule has 30 heavy (non-hydrogen) atoms. The van der Waals surface area contributed by atoms with Crippen LogP contribution in [0.4, 0.5) is 0 Å². The van der Waals surface area contributed by atoms with Gasteiger partial charge in [0.25, 0.3) is 0 Å². The molecule has 2 rings (SSSR count). The predicted molar refractivity (Wildman–Crippen MR) is 119 cm³/mol. The first-order valence-corrected chi connectivity index (χ1v) is 9.87. The van der Waals surface area contributed by atoms with Crippen molar-refractivity contribution in [2.45, 2.75) is 46.1 Å². The average molecular weight is 411 g/mol. The number of esters is 2. The molecule has 2 aromatic rings. The molecule has 2 aromatic carbocycles. The molecular weight excluding hydrogens is 380 g/mol. The van der Waals surface area contributed by atoms with Crippen LogP contribution in [0.2, 0.25) is 0 Å². The zero-order valence-corrected chi connectivity index (χ0v) is 18.7. The number of carbonyl (C=O) groups excluding carboxylic acids is 2. The number of methoxy groups -OCH3 is 2. The second-order valence-corrected chi connectivity index (χ2v) is 8.27. The van der Waals surface area contributed by atoms with Crippen molar-refractivity contribution >= 4 is 18.0 Å². The third-order valence-corrected chi connectivity index (χ3v) is 4.47. The Bertz CT molecular complexity index is 948. The normalized spacial score (nSPS) is 11.6. The lowest BCUT2D eigenvalue weighted by Gasteiger charge is -2.18. The molecular formula is C25H30O5. The van der Waals surface area contributed by atoms with Gasteiger partial charge >= 0.3 is 11.9 Å². The SMILES string of the molecule is COC(=O)c1ccc(OC)cc1-c1ccc(C(C)C)cc1/C=C/C(=O)OC(C)(C)C. The summed E-state index contributed by atoms with van der Waals surface area (Å²) in [6.45, 7) is 9.66. The molecule has 0 saturated carbocycles. The van der Waals surface area contributed by atoms with E-state index in [1.165, 1.54) is 13.2 Å². The van der Waals surface area contributed by atoms with Crippen LogP contribution in [0, 0.1) is 0 Å². The van der Waals surface area contributed by atoms with Crippen molar-refractivity contribution in [1.82, 2.24) is 0 Å². The fourth-order valence-electron chi connectivity index (χ4n) is 2.98. The maximum Gasteiger partial charge on any atom is 0.338 e. The third kappa shape index (κ3) is 5.96. The first-order chi connectivity index (χ1) is 14.1. The van der Waals surface area contributed by atoms with E-state index in [1.807, 2.05) is 39.0 Å². The summed E-state index contributed by atoms with van der Waals surface area (Å²) in [6, 6.07) is 11.2. The van der Waals surface area contributed by atoms with E-state index in [1.54, 1.807) is 31.4 Å². The van der Waals surface area contributed by atoms with Gasteiger partial charge in [0, 0.05) is 11.6 Å². The minimum Gasteiger partial charge on any atom is -0.497 e. The van der Waals surface area contributed by atoms with E-state index in [2.05, 4.69) is 13.8 Å². The first kappa shape index (κ1) is 23.2. The summed E-state index contributed by atoms with van der Waals surface area (Å²) >= 11 is 0. The van der Waals surface area contributed by atoms with Crippen LogP contribution in [0.5, 0.6) is 5.75 Å². The summed E-state index contributed by atoms with van der Waals surface area (Å²) in [7, 11) is 2.92. The Balaban J connectivity index is 2.63. The van der Waals surface area contributed by atoms with E-state index in [-0.39, 0.29) is 0 Å². The second kappa shape index (κ2) is 9.61. The van der Waals surface area contributed by atoms with Crippen molar-refractivity contribution in [2.24, 2.45) is 0 Å². The van der Waals surface area contributed by atoms with E-state index in [9.17, 15) is 9.59 Å². The van der Waals surface area contributed by atoms with E-state index in [0.717, 1.165) is 16.7 Å².